The van der Waals surface area contributed by atoms with Gasteiger partial charge in [-0.15, -0.1) is 0 Å². The number of methoxy groups -OCH3 is 2. The number of hydrogen-bond donors (Lipinski definition) is 0. The first-order chi connectivity index (χ1) is 9.96. The highest BCUT2D eigenvalue weighted by molar-refractivity contribution is 6.33. The van der Waals surface area contributed by atoms with E-state index in [1.165, 1.54) is 32.4 Å². The van der Waals surface area contributed by atoms with Crippen LogP contribution in [0.3, 0.4) is 0 Å². The minimum atomic E-state index is -0.591. The number of para-hydroxylation sites is 1. The van der Waals surface area contributed by atoms with Crippen molar-refractivity contribution in [2.75, 3.05) is 14.2 Å². The molecular weight excluding hydrogens is 298 g/mol. The average Bonchev–Trinajstić information content (AvgIpc) is 2.46. The number of halogens is 1. The summed E-state index contributed by atoms with van der Waals surface area (Å²) in [5.41, 5.74) is 0.272. The van der Waals surface area contributed by atoms with E-state index in [1.807, 2.05) is 0 Å². The van der Waals surface area contributed by atoms with Crippen molar-refractivity contribution in [1.82, 2.24) is 0 Å². The number of allylic oxidation sites excluding steroid dienone is 2. The number of ether oxygens (including phenoxy) is 2. The molecule has 0 atom stereocenters. The van der Waals surface area contributed by atoms with E-state index in [4.69, 9.17) is 16.3 Å². The van der Waals surface area contributed by atoms with Gasteiger partial charge in [-0.2, -0.15) is 0 Å². The number of nitrogens with zero attached hydrogens (tertiary/aromatic N) is 1. The van der Waals surface area contributed by atoms with Gasteiger partial charge in [0.2, 0.25) is 0 Å². The number of carbonyl (C=O) groups is 1. The summed E-state index contributed by atoms with van der Waals surface area (Å²) < 4.78 is 9.71. The maximum absolute atomic E-state index is 11.4. The first kappa shape index (κ1) is 16.7. The molecule has 1 aromatic carbocycles. The van der Waals surface area contributed by atoms with Gasteiger partial charge in [0.05, 0.1) is 24.7 Å². The lowest BCUT2D eigenvalue weighted by Crippen LogP contribution is -2.06. The van der Waals surface area contributed by atoms with Crippen LogP contribution in [0.4, 0.5) is 5.69 Å². The number of esters is 1. The molecule has 0 heterocycles. The van der Waals surface area contributed by atoms with Crippen LogP contribution in [0, 0.1) is 10.1 Å². The van der Waals surface area contributed by atoms with Crippen LogP contribution >= 0.6 is 11.6 Å². The second kappa shape index (κ2) is 7.44. The first-order valence-corrected chi connectivity index (χ1v) is 6.23. The third-order valence-electron chi connectivity index (χ3n) is 2.74. The summed E-state index contributed by atoms with van der Waals surface area (Å²) in [4.78, 5) is 22.0. The molecule has 7 heteroatoms. The number of nitro groups is 1. The second-order valence-electron chi connectivity index (χ2n) is 3.89. The third kappa shape index (κ3) is 3.82. The molecule has 0 radical (unpaired) electrons. The Kier molecular flexibility index (Phi) is 5.92. The quantitative estimate of drug-likeness (QED) is 0.265. The highest BCUT2D eigenvalue weighted by Gasteiger charge is 2.23. The molecule has 0 fully saturated rings. The lowest BCUT2D eigenvalue weighted by molar-refractivity contribution is -0.385. The molecule has 1 aromatic rings. The van der Waals surface area contributed by atoms with Crippen LogP contribution in [0.1, 0.15) is 12.0 Å². The molecule has 1 rings (SSSR count). The summed E-state index contributed by atoms with van der Waals surface area (Å²) >= 11 is 5.88. The molecule has 0 aliphatic heterocycles. The molecule has 0 saturated carbocycles. The van der Waals surface area contributed by atoms with Gasteiger partial charge in [-0.05, 0) is 12.1 Å². The van der Waals surface area contributed by atoms with Crippen LogP contribution in [0.25, 0.3) is 5.57 Å². The summed E-state index contributed by atoms with van der Waals surface area (Å²) in [6.45, 7) is 3.61. The third-order valence-corrected chi connectivity index (χ3v) is 3.05. The standard InChI is InChI=1S/C14H14ClNO5/c1-4-9(12(20-2)8-13(17)21-3)10-6-5-7-11(15)14(10)16(18)19/h4-7H,1,8H2,2-3H3/b12-9-. The van der Waals surface area contributed by atoms with Crippen molar-refractivity contribution < 1.29 is 19.2 Å². The van der Waals surface area contributed by atoms with Gasteiger partial charge in [-0.1, -0.05) is 30.3 Å². The maximum Gasteiger partial charge on any atom is 0.313 e. The summed E-state index contributed by atoms with van der Waals surface area (Å²) in [5, 5.41) is 11.2. The molecule has 0 saturated heterocycles. The van der Waals surface area contributed by atoms with Crippen LogP contribution < -0.4 is 0 Å². The largest absolute Gasteiger partial charge is 0.500 e. The van der Waals surface area contributed by atoms with Crippen molar-refractivity contribution in [2.24, 2.45) is 0 Å². The summed E-state index contributed by atoms with van der Waals surface area (Å²) in [6, 6.07) is 4.49. The van der Waals surface area contributed by atoms with Gasteiger partial charge in [0.1, 0.15) is 17.2 Å². The Bertz CT molecular complexity index is 609. The predicted octanol–water partition coefficient (Wildman–Crippen LogP) is 3.35. The molecule has 0 aromatic heterocycles. The van der Waals surface area contributed by atoms with E-state index in [9.17, 15) is 14.9 Å². The van der Waals surface area contributed by atoms with Crippen molar-refractivity contribution >= 4 is 28.8 Å². The van der Waals surface area contributed by atoms with Crippen molar-refractivity contribution in [3.8, 4) is 0 Å². The lowest BCUT2D eigenvalue weighted by atomic mass is 10.0. The number of rotatable bonds is 6. The number of nitro benzene ring substituents is 1. The number of carbonyl (C=O) groups excluding carboxylic acids is 1. The fraction of sp³-hybridized carbons (Fsp3) is 0.214. The fourth-order valence-corrected chi connectivity index (χ4v) is 2.02. The van der Waals surface area contributed by atoms with E-state index in [0.717, 1.165) is 0 Å². The van der Waals surface area contributed by atoms with Crippen molar-refractivity contribution in [2.45, 2.75) is 6.42 Å². The monoisotopic (exact) mass is 311 g/mol. The average molecular weight is 312 g/mol. The number of hydrogen-bond acceptors (Lipinski definition) is 5. The van der Waals surface area contributed by atoms with Crippen molar-refractivity contribution in [3.63, 3.8) is 0 Å². The zero-order valence-corrected chi connectivity index (χ0v) is 12.3. The Labute approximate surface area is 126 Å². The van der Waals surface area contributed by atoms with E-state index in [-0.39, 0.29) is 28.5 Å². The normalized spacial score (nSPS) is 11.4. The first-order valence-electron chi connectivity index (χ1n) is 5.85. The van der Waals surface area contributed by atoms with E-state index in [1.54, 1.807) is 6.07 Å². The molecule has 0 bridgehead atoms. The highest BCUT2D eigenvalue weighted by Crippen LogP contribution is 2.35. The molecule has 0 unspecified atom stereocenters. The fourth-order valence-electron chi connectivity index (χ4n) is 1.77. The zero-order chi connectivity index (χ0) is 16.0. The Morgan fingerprint density at radius 1 is 1.43 bits per heavy atom. The molecular formula is C14H14ClNO5. The SMILES string of the molecule is C=C/C(=C(\CC(=O)OC)OC)c1cccc(Cl)c1[N+](=O)[O-]. The van der Waals surface area contributed by atoms with E-state index < -0.39 is 10.9 Å². The topological polar surface area (TPSA) is 78.7 Å². The van der Waals surface area contributed by atoms with Crippen LogP contribution in [-0.2, 0) is 14.3 Å². The van der Waals surface area contributed by atoms with Crippen molar-refractivity contribution in [1.29, 1.82) is 0 Å². The Morgan fingerprint density at radius 2 is 2.10 bits per heavy atom. The highest BCUT2D eigenvalue weighted by atomic mass is 35.5. The predicted molar refractivity (Wildman–Crippen MR) is 78.9 cm³/mol. The molecule has 0 aliphatic carbocycles. The van der Waals surface area contributed by atoms with Gasteiger partial charge in [-0.25, -0.2) is 0 Å². The molecule has 112 valence electrons. The van der Waals surface area contributed by atoms with Crippen LogP contribution in [0.15, 0.2) is 36.6 Å². The zero-order valence-electron chi connectivity index (χ0n) is 11.6. The van der Waals surface area contributed by atoms with E-state index in [2.05, 4.69) is 11.3 Å². The minimum Gasteiger partial charge on any atom is -0.500 e. The second-order valence-corrected chi connectivity index (χ2v) is 4.30. The van der Waals surface area contributed by atoms with Gasteiger partial charge in [0.25, 0.3) is 5.69 Å². The van der Waals surface area contributed by atoms with Gasteiger partial charge >= 0.3 is 5.97 Å². The summed E-state index contributed by atoms with van der Waals surface area (Å²) in [6.07, 6.45) is 1.21. The molecule has 0 aliphatic rings. The summed E-state index contributed by atoms with van der Waals surface area (Å²) in [7, 11) is 2.60. The van der Waals surface area contributed by atoms with Crippen LogP contribution in [0.5, 0.6) is 0 Å². The minimum absolute atomic E-state index is 0.00892. The van der Waals surface area contributed by atoms with Crippen molar-refractivity contribution in [3.05, 3.63) is 57.3 Å². The van der Waals surface area contributed by atoms with E-state index in [0.29, 0.717) is 5.57 Å². The lowest BCUT2D eigenvalue weighted by Gasteiger charge is -2.12. The smallest absolute Gasteiger partial charge is 0.313 e. The molecule has 0 N–H and O–H groups in total. The Hall–Kier alpha value is -2.34. The molecule has 21 heavy (non-hydrogen) atoms. The Morgan fingerprint density at radius 3 is 2.57 bits per heavy atom. The van der Waals surface area contributed by atoms with Gasteiger partial charge in [0.15, 0.2) is 0 Å². The maximum atomic E-state index is 11.4. The number of benzene rings is 1. The molecule has 0 amide bonds. The van der Waals surface area contributed by atoms with E-state index >= 15 is 0 Å². The van der Waals surface area contributed by atoms with Gasteiger partial charge in [0, 0.05) is 5.57 Å². The molecule has 6 nitrogen and oxygen atoms in total. The van der Waals surface area contributed by atoms with Crippen LogP contribution in [0.2, 0.25) is 5.02 Å². The Balaban J connectivity index is 3.51. The van der Waals surface area contributed by atoms with Crippen LogP contribution in [-0.4, -0.2) is 25.1 Å². The summed E-state index contributed by atoms with van der Waals surface area (Å²) in [5.74, 6) is -0.321. The van der Waals surface area contributed by atoms with Gasteiger partial charge < -0.3 is 9.47 Å². The van der Waals surface area contributed by atoms with Gasteiger partial charge in [-0.3, -0.25) is 14.9 Å². The molecule has 0 spiro atoms.